The van der Waals surface area contributed by atoms with Crippen LogP contribution in [0, 0.1) is 5.92 Å². The van der Waals surface area contributed by atoms with Gasteiger partial charge in [0, 0.05) is 12.2 Å². The van der Waals surface area contributed by atoms with Gasteiger partial charge in [-0.15, -0.1) is 0 Å². The fraction of sp³-hybridized carbons (Fsp3) is 0.500. The van der Waals surface area contributed by atoms with Crippen LogP contribution in [0.2, 0.25) is 0 Å². The minimum absolute atomic E-state index is 0.532. The van der Waals surface area contributed by atoms with E-state index in [0.717, 1.165) is 13.0 Å². The third-order valence-electron chi connectivity index (χ3n) is 2.53. The van der Waals surface area contributed by atoms with Gasteiger partial charge in [-0.2, -0.15) is 0 Å². The molecule has 0 bridgehead atoms. The van der Waals surface area contributed by atoms with E-state index < -0.39 is 0 Å². The van der Waals surface area contributed by atoms with E-state index in [4.69, 9.17) is 0 Å². The maximum Gasteiger partial charge on any atom is 0.0369 e. The predicted molar refractivity (Wildman–Crippen MR) is 58.4 cm³/mol. The molecule has 13 heavy (non-hydrogen) atoms. The molecule has 0 saturated carbocycles. The summed E-state index contributed by atoms with van der Waals surface area (Å²) in [7, 11) is 0. The van der Waals surface area contributed by atoms with E-state index >= 15 is 0 Å². The number of allylic oxidation sites excluding steroid dienone is 3. The second-order valence-electron chi connectivity index (χ2n) is 3.81. The molecule has 0 radical (unpaired) electrons. The lowest BCUT2D eigenvalue weighted by molar-refractivity contribution is 0.655. The zero-order valence-corrected chi connectivity index (χ0v) is 8.69. The smallest absolute Gasteiger partial charge is 0.0369 e. The molecular weight excluding hydrogens is 158 g/mol. The molecule has 0 fully saturated rings. The maximum atomic E-state index is 4.13. The van der Waals surface area contributed by atoms with Crippen molar-refractivity contribution in [3.05, 3.63) is 36.1 Å². The van der Waals surface area contributed by atoms with E-state index in [1.807, 2.05) is 6.08 Å². The molecule has 0 atom stereocenters. The van der Waals surface area contributed by atoms with Gasteiger partial charge in [0.05, 0.1) is 0 Å². The lowest BCUT2D eigenvalue weighted by atomic mass is 9.90. The highest BCUT2D eigenvalue weighted by molar-refractivity contribution is 5.39. The first kappa shape index (κ1) is 10.1. The van der Waals surface area contributed by atoms with Crippen LogP contribution < -0.4 is 5.32 Å². The summed E-state index contributed by atoms with van der Waals surface area (Å²) in [5, 5.41) is 3.36. The van der Waals surface area contributed by atoms with Gasteiger partial charge in [-0.05, 0) is 36.0 Å². The van der Waals surface area contributed by atoms with Gasteiger partial charge in [0.25, 0.3) is 0 Å². The van der Waals surface area contributed by atoms with Crippen molar-refractivity contribution in [2.45, 2.75) is 26.7 Å². The summed E-state index contributed by atoms with van der Waals surface area (Å²) in [4.78, 5) is 0. The van der Waals surface area contributed by atoms with Gasteiger partial charge >= 0.3 is 0 Å². The van der Waals surface area contributed by atoms with Crippen LogP contribution in [0.25, 0.3) is 0 Å². The SMILES string of the molecule is C=CC1=C(C(=C)C(C)C)CCCN1. The Kier molecular flexibility index (Phi) is 3.35. The quantitative estimate of drug-likeness (QED) is 0.698. The fourth-order valence-corrected chi connectivity index (χ4v) is 1.61. The minimum Gasteiger partial charge on any atom is -0.385 e. The van der Waals surface area contributed by atoms with Crippen LogP contribution >= 0.6 is 0 Å². The number of hydrogen-bond acceptors (Lipinski definition) is 1. The highest BCUT2D eigenvalue weighted by Crippen LogP contribution is 2.26. The third-order valence-corrected chi connectivity index (χ3v) is 2.53. The van der Waals surface area contributed by atoms with Crippen molar-refractivity contribution >= 4 is 0 Å². The van der Waals surface area contributed by atoms with Crippen molar-refractivity contribution in [1.29, 1.82) is 0 Å². The standard InChI is InChI=1S/C12H19N/c1-5-12-11(7-6-8-13-12)10(4)9(2)3/h5,9,13H,1,4,6-8H2,2-3H3. The Balaban J connectivity index is 2.90. The van der Waals surface area contributed by atoms with Gasteiger partial charge in [-0.1, -0.05) is 27.0 Å². The van der Waals surface area contributed by atoms with Crippen molar-refractivity contribution in [3.63, 3.8) is 0 Å². The molecule has 0 aromatic heterocycles. The maximum absolute atomic E-state index is 4.13. The summed E-state index contributed by atoms with van der Waals surface area (Å²) in [6, 6.07) is 0. The van der Waals surface area contributed by atoms with Gasteiger partial charge in [0.1, 0.15) is 0 Å². The molecule has 1 nitrogen and oxygen atoms in total. The Morgan fingerprint density at radius 3 is 2.77 bits per heavy atom. The molecule has 1 heterocycles. The molecular formula is C12H19N. The summed E-state index contributed by atoms with van der Waals surface area (Å²) in [6.07, 6.45) is 4.26. The zero-order valence-electron chi connectivity index (χ0n) is 8.69. The Morgan fingerprint density at radius 2 is 2.23 bits per heavy atom. The zero-order chi connectivity index (χ0) is 9.84. The van der Waals surface area contributed by atoms with E-state index in [1.54, 1.807) is 0 Å². The molecule has 1 aliphatic rings. The minimum atomic E-state index is 0.532. The first-order valence-corrected chi connectivity index (χ1v) is 4.95. The third kappa shape index (κ3) is 2.24. The van der Waals surface area contributed by atoms with Gasteiger partial charge in [-0.25, -0.2) is 0 Å². The van der Waals surface area contributed by atoms with Crippen molar-refractivity contribution in [3.8, 4) is 0 Å². The van der Waals surface area contributed by atoms with Crippen LogP contribution in [0.3, 0.4) is 0 Å². The number of nitrogens with one attached hydrogen (secondary N) is 1. The summed E-state index contributed by atoms with van der Waals surface area (Å²) < 4.78 is 0. The molecule has 1 N–H and O–H groups in total. The topological polar surface area (TPSA) is 12.0 Å². The highest BCUT2D eigenvalue weighted by Gasteiger charge is 2.14. The number of hydrogen-bond donors (Lipinski definition) is 1. The molecule has 0 spiro atoms. The molecule has 0 aliphatic carbocycles. The normalized spacial score (nSPS) is 17.2. The summed E-state index contributed by atoms with van der Waals surface area (Å²) in [6.45, 7) is 13.4. The largest absolute Gasteiger partial charge is 0.385 e. The fourth-order valence-electron chi connectivity index (χ4n) is 1.61. The van der Waals surface area contributed by atoms with Crippen LogP contribution in [-0.2, 0) is 0 Å². The second-order valence-corrected chi connectivity index (χ2v) is 3.81. The molecule has 0 saturated heterocycles. The van der Waals surface area contributed by atoms with E-state index in [0.29, 0.717) is 5.92 Å². The van der Waals surface area contributed by atoms with Crippen LogP contribution in [0.5, 0.6) is 0 Å². The van der Waals surface area contributed by atoms with Crippen molar-refractivity contribution < 1.29 is 0 Å². The van der Waals surface area contributed by atoms with Gasteiger partial charge < -0.3 is 5.32 Å². The summed E-state index contributed by atoms with van der Waals surface area (Å²) in [5.41, 5.74) is 3.81. The Labute approximate surface area is 81.2 Å². The van der Waals surface area contributed by atoms with Crippen LogP contribution in [0.1, 0.15) is 26.7 Å². The lowest BCUT2D eigenvalue weighted by Gasteiger charge is -2.23. The lowest BCUT2D eigenvalue weighted by Crippen LogP contribution is -2.21. The van der Waals surface area contributed by atoms with Crippen LogP contribution in [0.15, 0.2) is 36.1 Å². The van der Waals surface area contributed by atoms with Crippen molar-refractivity contribution in [2.75, 3.05) is 6.54 Å². The monoisotopic (exact) mass is 177 g/mol. The predicted octanol–water partition coefficient (Wildman–Crippen LogP) is 3.02. The van der Waals surface area contributed by atoms with Crippen molar-refractivity contribution in [2.24, 2.45) is 5.92 Å². The van der Waals surface area contributed by atoms with E-state index in [1.165, 1.54) is 23.3 Å². The summed E-state index contributed by atoms with van der Waals surface area (Å²) >= 11 is 0. The van der Waals surface area contributed by atoms with Crippen LogP contribution in [-0.4, -0.2) is 6.54 Å². The molecule has 1 rings (SSSR count). The molecule has 0 aromatic rings. The first-order valence-electron chi connectivity index (χ1n) is 4.95. The second kappa shape index (κ2) is 4.31. The molecule has 0 unspecified atom stereocenters. The Bertz CT molecular complexity index is 246. The van der Waals surface area contributed by atoms with Crippen molar-refractivity contribution in [1.82, 2.24) is 5.32 Å². The molecule has 72 valence electrons. The van der Waals surface area contributed by atoms with E-state index in [9.17, 15) is 0 Å². The van der Waals surface area contributed by atoms with E-state index in [2.05, 4.69) is 32.3 Å². The molecule has 1 aliphatic heterocycles. The molecule has 0 amide bonds. The number of rotatable bonds is 3. The molecule has 0 aromatic carbocycles. The van der Waals surface area contributed by atoms with Gasteiger partial charge in [-0.3, -0.25) is 0 Å². The Hall–Kier alpha value is -0.980. The van der Waals surface area contributed by atoms with E-state index in [-0.39, 0.29) is 0 Å². The average Bonchev–Trinajstić information content (AvgIpc) is 2.16. The molecule has 1 heteroatoms. The summed E-state index contributed by atoms with van der Waals surface area (Å²) in [5.74, 6) is 0.532. The highest BCUT2D eigenvalue weighted by atomic mass is 14.9. The van der Waals surface area contributed by atoms with Crippen LogP contribution in [0.4, 0.5) is 0 Å². The Morgan fingerprint density at radius 1 is 1.54 bits per heavy atom. The van der Waals surface area contributed by atoms with Gasteiger partial charge in [0.15, 0.2) is 0 Å². The average molecular weight is 177 g/mol. The van der Waals surface area contributed by atoms with Gasteiger partial charge in [0.2, 0.25) is 0 Å². The first-order chi connectivity index (χ1) is 6.16.